The van der Waals surface area contributed by atoms with E-state index in [1.165, 1.54) is 70.6 Å². The van der Waals surface area contributed by atoms with Gasteiger partial charge in [0.25, 0.3) is 0 Å². The number of unbranched alkanes of at least 4 members (excludes halogenated alkanes) is 13. The van der Waals surface area contributed by atoms with Crippen molar-refractivity contribution in [2.24, 2.45) is 5.73 Å². The number of carbonyl (C=O) groups is 4. The van der Waals surface area contributed by atoms with Gasteiger partial charge in [-0.2, -0.15) is 0 Å². The second kappa shape index (κ2) is 23.3. The van der Waals surface area contributed by atoms with E-state index in [4.69, 9.17) is 15.9 Å². The standard InChI is InChI=1S/C27H51N3O6/c1-2-3-4-5-6-7-8-9-10-11-12-13-14-18-24(31)29-21-16-15-17-22(28)26(34)30-23(27(35)36)19-20-25(32)33/h22-23H,2-21,28H2,1H3,(H,29,31)(H,30,34)(H,32,33)(H,35,36)/t22-,23-/m0/s1. The van der Waals surface area contributed by atoms with Crippen LogP contribution in [0.2, 0.25) is 0 Å². The Hall–Kier alpha value is -2.16. The topological polar surface area (TPSA) is 159 Å². The van der Waals surface area contributed by atoms with Crippen LogP contribution in [0.4, 0.5) is 0 Å². The normalized spacial score (nSPS) is 12.6. The SMILES string of the molecule is CCCCCCCCCCCCCCCC(=O)NCCCC[C@H](N)C(=O)N[C@@H](CCC(=O)O)C(=O)O. The van der Waals surface area contributed by atoms with Crippen LogP contribution in [-0.2, 0) is 19.2 Å². The van der Waals surface area contributed by atoms with Crippen molar-refractivity contribution in [2.75, 3.05) is 6.54 Å². The minimum Gasteiger partial charge on any atom is -0.481 e. The van der Waals surface area contributed by atoms with Crippen molar-refractivity contribution < 1.29 is 29.4 Å². The molecule has 0 radical (unpaired) electrons. The van der Waals surface area contributed by atoms with E-state index in [-0.39, 0.29) is 18.7 Å². The lowest BCUT2D eigenvalue weighted by atomic mass is 10.0. The molecule has 0 unspecified atom stereocenters. The van der Waals surface area contributed by atoms with Crippen LogP contribution >= 0.6 is 0 Å². The zero-order valence-corrected chi connectivity index (χ0v) is 22.4. The highest BCUT2D eigenvalue weighted by Gasteiger charge is 2.23. The van der Waals surface area contributed by atoms with E-state index in [0.29, 0.717) is 32.2 Å². The first-order chi connectivity index (χ1) is 17.3. The molecule has 0 bridgehead atoms. The average Bonchev–Trinajstić information content (AvgIpc) is 2.83. The molecule has 36 heavy (non-hydrogen) atoms. The maximum atomic E-state index is 12.1. The van der Waals surface area contributed by atoms with Crippen molar-refractivity contribution in [2.45, 2.75) is 141 Å². The van der Waals surface area contributed by atoms with Gasteiger partial charge in [-0.25, -0.2) is 4.79 Å². The number of carbonyl (C=O) groups excluding carboxylic acids is 2. The highest BCUT2D eigenvalue weighted by molar-refractivity contribution is 5.87. The van der Waals surface area contributed by atoms with Gasteiger partial charge in [-0.3, -0.25) is 14.4 Å². The molecule has 0 aliphatic rings. The van der Waals surface area contributed by atoms with Gasteiger partial charge < -0.3 is 26.6 Å². The first-order valence-corrected chi connectivity index (χ1v) is 14.0. The van der Waals surface area contributed by atoms with Crippen molar-refractivity contribution in [3.05, 3.63) is 0 Å². The third kappa shape index (κ3) is 21.1. The largest absolute Gasteiger partial charge is 0.481 e. The van der Waals surface area contributed by atoms with Crippen LogP contribution in [0.1, 0.15) is 129 Å². The van der Waals surface area contributed by atoms with E-state index in [9.17, 15) is 19.2 Å². The van der Waals surface area contributed by atoms with Crippen LogP contribution in [0.25, 0.3) is 0 Å². The summed E-state index contributed by atoms with van der Waals surface area (Å²) in [5.74, 6) is -2.99. The van der Waals surface area contributed by atoms with Crippen LogP contribution in [0.3, 0.4) is 0 Å². The molecule has 0 aromatic heterocycles. The molecule has 9 nitrogen and oxygen atoms in total. The Morgan fingerprint density at radius 1 is 0.694 bits per heavy atom. The first kappa shape index (κ1) is 33.8. The number of aliphatic carboxylic acids is 2. The lowest BCUT2D eigenvalue weighted by Gasteiger charge is -2.17. The summed E-state index contributed by atoms with van der Waals surface area (Å²) >= 11 is 0. The molecule has 210 valence electrons. The Kier molecular flexibility index (Phi) is 21.9. The lowest BCUT2D eigenvalue weighted by molar-refractivity contribution is -0.143. The molecule has 0 aliphatic heterocycles. The summed E-state index contributed by atoms with van der Waals surface area (Å²) < 4.78 is 0. The molecular weight excluding hydrogens is 462 g/mol. The quantitative estimate of drug-likeness (QED) is 0.112. The van der Waals surface area contributed by atoms with E-state index in [1.54, 1.807) is 0 Å². The van der Waals surface area contributed by atoms with Crippen molar-refractivity contribution in [3.8, 4) is 0 Å². The summed E-state index contributed by atoms with van der Waals surface area (Å²) in [5, 5.41) is 23.0. The zero-order chi connectivity index (χ0) is 27.0. The van der Waals surface area contributed by atoms with Crippen LogP contribution in [0.15, 0.2) is 0 Å². The Labute approximate surface area is 217 Å². The summed E-state index contributed by atoms with van der Waals surface area (Å²) in [6.45, 7) is 2.76. The molecular formula is C27H51N3O6. The monoisotopic (exact) mass is 513 g/mol. The van der Waals surface area contributed by atoms with Crippen LogP contribution < -0.4 is 16.4 Å². The van der Waals surface area contributed by atoms with Gasteiger partial charge in [-0.1, -0.05) is 84.0 Å². The summed E-state index contributed by atoms with van der Waals surface area (Å²) in [4.78, 5) is 45.8. The van der Waals surface area contributed by atoms with Gasteiger partial charge >= 0.3 is 11.9 Å². The molecule has 0 aliphatic carbocycles. The Morgan fingerprint density at radius 3 is 1.72 bits per heavy atom. The maximum absolute atomic E-state index is 12.1. The Bertz CT molecular complexity index is 614. The van der Waals surface area contributed by atoms with Gasteiger partial charge in [0.05, 0.1) is 6.04 Å². The van der Waals surface area contributed by atoms with Gasteiger partial charge in [-0.15, -0.1) is 0 Å². The van der Waals surface area contributed by atoms with Crippen molar-refractivity contribution in [1.29, 1.82) is 0 Å². The molecule has 2 atom stereocenters. The van der Waals surface area contributed by atoms with Crippen molar-refractivity contribution in [3.63, 3.8) is 0 Å². The number of carboxylic acid groups (broad SMARTS) is 2. The molecule has 9 heteroatoms. The van der Waals surface area contributed by atoms with Crippen LogP contribution in [-0.4, -0.2) is 52.6 Å². The fourth-order valence-electron chi connectivity index (χ4n) is 4.04. The maximum Gasteiger partial charge on any atom is 0.326 e. The summed E-state index contributed by atoms with van der Waals surface area (Å²) in [6, 6.07) is -2.15. The van der Waals surface area contributed by atoms with Gasteiger partial charge in [0.2, 0.25) is 11.8 Å². The molecule has 0 rings (SSSR count). The smallest absolute Gasteiger partial charge is 0.326 e. The molecule has 0 saturated carbocycles. The van der Waals surface area contributed by atoms with E-state index in [2.05, 4.69) is 17.6 Å². The van der Waals surface area contributed by atoms with Gasteiger partial charge in [0.15, 0.2) is 0 Å². The molecule has 0 heterocycles. The fourth-order valence-corrected chi connectivity index (χ4v) is 4.04. The van der Waals surface area contributed by atoms with E-state index < -0.39 is 29.9 Å². The zero-order valence-electron chi connectivity index (χ0n) is 22.4. The number of hydrogen-bond donors (Lipinski definition) is 5. The predicted molar refractivity (Wildman–Crippen MR) is 142 cm³/mol. The summed E-state index contributed by atoms with van der Waals surface area (Å²) in [5.41, 5.74) is 5.82. The number of nitrogens with one attached hydrogen (secondary N) is 2. The number of carboxylic acids is 2. The number of hydrogen-bond acceptors (Lipinski definition) is 5. The van der Waals surface area contributed by atoms with Gasteiger partial charge in [0, 0.05) is 19.4 Å². The molecule has 0 aromatic rings. The number of nitrogens with two attached hydrogens (primary N) is 1. The van der Waals surface area contributed by atoms with Gasteiger partial charge in [0.1, 0.15) is 6.04 Å². The number of rotatable bonds is 25. The molecule has 0 saturated heterocycles. The highest BCUT2D eigenvalue weighted by Crippen LogP contribution is 2.13. The van der Waals surface area contributed by atoms with E-state index >= 15 is 0 Å². The first-order valence-electron chi connectivity index (χ1n) is 14.0. The minimum absolute atomic E-state index is 0.0443. The highest BCUT2D eigenvalue weighted by atomic mass is 16.4. The number of amides is 2. The molecule has 2 amide bonds. The minimum atomic E-state index is -1.29. The lowest BCUT2D eigenvalue weighted by Crippen LogP contribution is -2.48. The predicted octanol–water partition coefficient (Wildman–Crippen LogP) is 4.52. The van der Waals surface area contributed by atoms with E-state index in [0.717, 1.165) is 12.8 Å². The Balaban J connectivity index is 3.64. The third-order valence-corrected chi connectivity index (χ3v) is 6.37. The Morgan fingerprint density at radius 2 is 1.22 bits per heavy atom. The molecule has 0 aromatic carbocycles. The fraction of sp³-hybridized carbons (Fsp3) is 0.852. The second-order valence-electron chi connectivity index (χ2n) is 9.78. The molecule has 0 fully saturated rings. The molecule has 6 N–H and O–H groups in total. The summed E-state index contributed by atoms with van der Waals surface area (Å²) in [6.07, 6.45) is 18.2. The summed E-state index contributed by atoms with van der Waals surface area (Å²) in [7, 11) is 0. The molecule has 0 spiro atoms. The van der Waals surface area contributed by atoms with Gasteiger partial charge in [-0.05, 0) is 32.1 Å². The van der Waals surface area contributed by atoms with E-state index in [1.807, 2.05) is 0 Å². The third-order valence-electron chi connectivity index (χ3n) is 6.37. The van der Waals surface area contributed by atoms with Crippen LogP contribution in [0, 0.1) is 0 Å². The second-order valence-corrected chi connectivity index (χ2v) is 9.78. The average molecular weight is 514 g/mol. The van der Waals surface area contributed by atoms with Crippen molar-refractivity contribution >= 4 is 23.8 Å². The van der Waals surface area contributed by atoms with Crippen molar-refractivity contribution in [1.82, 2.24) is 10.6 Å². The van der Waals surface area contributed by atoms with Crippen LogP contribution in [0.5, 0.6) is 0 Å².